The van der Waals surface area contributed by atoms with Gasteiger partial charge in [-0.2, -0.15) is 0 Å². The largest absolute Gasteiger partial charge is 0.432 e. The van der Waals surface area contributed by atoms with Gasteiger partial charge >= 0.3 is 5.97 Å². The number of fused-ring (bicyclic) bond motifs is 7. The Labute approximate surface area is 334 Å². The summed E-state index contributed by atoms with van der Waals surface area (Å²) in [5.41, 5.74) is -0.778. The van der Waals surface area contributed by atoms with Gasteiger partial charge in [-0.25, -0.2) is 0 Å². The lowest BCUT2D eigenvalue weighted by Crippen LogP contribution is -2.68. The number of hydrogen-bond donors (Lipinski definition) is 10. The monoisotopic (exact) mass is 810 g/mol. The van der Waals surface area contributed by atoms with Crippen molar-refractivity contribution in [1.82, 2.24) is 0 Å². The molecular weight excluding hydrogens is 744 g/mol. The predicted octanol–water partition coefficient (Wildman–Crippen LogP) is 0.0355. The molecule has 2 heterocycles. The molecule has 5 aliphatic carbocycles. The van der Waals surface area contributed by atoms with E-state index in [0.717, 1.165) is 24.0 Å². The fraction of sp³-hybridized carbons (Fsp3) is 0.881. The van der Waals surface area contributed by atoms with Gasteiger partial charge in [-0.1, -0.05) is 58.4 Å². The highest BCUT2D eigenvalue weighted by molar-refractivity contribution is 5.79. The van der Waals surface area contributed by atoms with E-state index >= 15 is 4.79 Å². The number of esters is 1. The van der Waals surface area contributed by atoms with Gasteiger partial charge in [0.05, 0.1) is 37.4 Å². The van der Waals surface area contributed by atoms with Crippen molar-refractivity contribution in [3.05, 3.63) is 23.8 Å². The van der Waals surface area contributed by atoms with Crippen molar-refractivity contribution in [3.8, 4) is 0 Å². The van der Waals surface area contributed by atoms with Crippen LogP contribution in [0.15, 0.2) is 23.8 Å². The first-order chi connectivity index (χ1) is 26.7. The standard InChI is InChI=1S/C42H66O15/c1-19-9-12-42(37(53)57-36-33(31(50)29(48)24(17-44)55-36)56-35-32(51)30(49)28(47)23(16-43)54-35)14-13-40(5)21(27(42)20(19)2)7-8-26-38(3)15-22(46)34(52)39(4,18-45)25(38)10-11-41(26,40)6/h7,20,22-36,43-52H,1,8-18H2,2-6H3/t20-,22+,23+,24+,25+,26+,27-,28+,29+,30-,31-,32+,33+,34+,35-,36-,38-,39+,40+,41+,42-/m0/s1. The third-order valence-electron chi connectivity index (χ3n) is 17.2. The van der Waals surface area contributed by atoms with Crippen LogP contribution < -0.4 is 0 Å². The molecule has 7 rings (SSSR count). The molecule has 15 nitrogen and oxygen atoms in total. The minimum Gasteiger partial charge on any atom is -0.432 e. The van der Waals surface area contributed by atoms with Crippen LogP contribution in [0.2, 0.25) is 0 Å². The van der Waals surface area contributed by atoms with Crippen LogP contribution >= 0.6 is 0 Å². The minimum absolute atomic E-state index is 0.0127. The van der Waals surface area contributed by atoms with Gasteiger partial charge < -0.3 is 70.0 Å². The highest BCUT2D eigenvalue weighted by atomic mass is 16.8. The molecule has 0 aromatic carbocycles. The number of hydrogen-bond acceptors (Lipinski definition) is 15. The number of carbonyl (C=O) groups is 1. The molecule has 324 valence electrons. The van der Waals surface area contributed by atoms with Crippen molar-refractivity contribution in [2.24, 2.45) is 50.7 Å². The van der Waals surface area contributed by atoms with Gasteiger partial charge in [-0.15, -0.1) is 0 Å². The molecule has 21 atom stereocenters. The summed E-state index contributed by atoms with van der Waals surface area (Å²) in [6, 6.07) is 0. The van der Waals surface area contributed by atoms with Crippen LogP contribution in [0.1, 0.15) is 86.0 Å². The topological polar surface area (TPSA) is 256 Å². The number of ether oxygens (including phenoxy) is 4. The molecule has 57 heavy (non-hydrogen) atoms. The lowest BCUT2D eigenvalue weighted by Gasteiger charge is -2.71. The van der Waals surface area contributed by atoms with E-state index < -0.39 is 104 Å². The van der Waals surface area contributed by atoms with Crippen LogP contribution in [-0.2, 0) is 23.7 Å². The van der Waals surface area contributed by atoms with Crippen molar-refractivity contribution < 1.29 is 74.8 Å². The van der Waals surface area contributed by atoms with Crippen molar-refractivity contribution in [2.75, 3.05) is 19.8 Å². The van der Waals surface area contributed by atoms with Gasteiger partial charge in [-0.3, -0.25) is 4.79 Å². The normalized spacial score (nSPS) is 55.1. The maximum atomic E-state index is 15.0. The van der Waals surface area contributed by atoms with Crippen LogP contribution in [0.25, 0.3) is 0 Å². The van der Waals surface area contributed by atoms with Crippen LogP contribution in [0, 0.1) is 50.7 Å². The molecule has 0 spiro atoms. The van der Waals surface area contributed by atoms with Crippen LogP contribution in [0.4, 0.5) is 0 Å². The molecule has 0 bridgehead atoms. The Balaban J connectivity index is 1.22. The van der Waals surface area contributed by atoms with E-state index in [1.165, 1.54) is 0 Å². The Kier molecular flexibility index (Phi) is 11.5. The number of aliphatic hydroxyl groups excluding tert-OH is 10. The average Bonchev–Trinajstić information content (AvgIpc) is 3.18. The number of allylic oxidation sites excluding steroid dienone is 3. The fourth-order valence-electron chi connectivity index (χ4n) is 13.6. The molecule has 2 aliphatic heterocycles. The number of rotatable bonds is 7. The molecule has 7 aliphatic rings. The summed E-state index contributed by atoms with van der Waals surface area (Å²) in [6.07, 6.45) is -11.7. The molecule has 6 fully saturated rings. The molecule has 10 N–H and O–H groups in total. The molecule has 0 radical (unpaired) electrons. The molecule has 0 aromatic heterocycles. The second-order valence-corrected chi connectivity index (χ2v) is 19.7. The Morgan fingerprint density at radius 3 is 2.09 bits per heavy atom. The molecule has 4 saturated carbocycles. The zero-order valence-electron chi connectivity index (χ0n) is 33.8. The highest BCUT2D eigenvalue weighted by Gasteiger charge is 2.71. The molecule has 0 aromatic rings. The molecular formula is C42H66O15. The van der Waals surface area contributed by atoms with Gasteiger partial charge in [0.2, 0.25) is 6.29 Å². The zero-order valence-corrected chi connectivity index (χ0v) is 33.8. The molecule has 2 saturated heterocycles. The van der Waals surface area contributed by atoms with E-state index in [4.69, 9.17) is 18.9 Å². The first-order valence-electron chi connectivity index (χ1n) is 20.9. The average molecular weight is 811 g/mol. The quantitative estimate of drug-likeness (QED) is 0.120. The van der Waals surface area contributed by atoms with E-state index in [-0.39, 0.29) is 46.5 Å². The Morgan fingerprint density at radius 2 is 1.46 bits per heavy atom. The lowest BCUT2D eigenvalue weighted by atomic mass is 9.33. The summed E-state index contributed by atoms with van der Waals surface area (Å²) in [5, 5.41) is 106. The summed E-state index contributed by atoms with van der Waals surface area (Å²) >= 11 is 0. The maximum absolute atomic E-state index is 15.0. The van der Waals surface area contributed by atoms with E-state index in [0.29, 0.717) is 38.5 Å². The van der Waals surface area contributed by atoms with Crippen molar-refractivity contribution >= 4 is 5.97 Å². The third kappa shape index (κ3) is 6.19. The van der Waals surface area contributed by atoms with E-state index in [1.54, 1.807) is 0 Å². The minimum atomic E-state index is -1.86. The second kappa shape index (κ2) is 15.1. The summed E-state index contributed by atoms with van der Waals surface area (Å²) < 4.78 is 23.5. The Hall–Kier alpha value is -1.57. The third-order valence-corrected chi connectivity index (χ3v) is 17.2. The summed E-state index contributed by atoms with van der Waals surface area (Å²) in [6.45, 7) is 13.6. The van der Waals surface area contributed by atoms with Gasteiger partial charge in [0.1, 0.15) is 42.7 Å². The van der Waals surface area contributed by atoms with Gasteiger partial charge in [-0.05, 0) is 85.4 Å². The Morgan fingerprint density at radius 1 is 0.825 bits per heavy atom. The second-order valence-electron chi connectivity index (χ2n) is 19.7. The van der Waals surface area contributed by atoms with Gasteiger partial charge in [0, 0.05) is 11.3 Å². The lowest BCUT2D eigenvalue weighted by molar-refractivity contribution is -0.363. The van der Waals surface area contributed by atoms with E-state index in [2.05, 4.69) is 40.3 Å². The molecule has 15 heteroatoms. The van der Waals surface area contributed by atoms with Crippen LogP contribution in [0.5, 0.6) is 0 Å². The summed E-state index contributed by atoms with van der Waals surface area (Å²) in [4.78, 5) is 15.0. The van der Waals surface area contributed by atoms with E-state index in [9.17, 15) is 51.1 Å². The van der Waals surface area contributed by atoms with Crippen LogP contribution in [0.3, 0.4) is 0 Å². The zero-order chi connectivity index (χ0) is 41.8. The SMILES string of the molecule is C=C1CC[C@]2(C(=O)O[C@@H]3O[C@H](CO)[C@@H](O)[C@H](O)[C@H]3O[C@@H]3O[C@H](CO)[C@@H](O)[C@H](O)[C@H]3O)CC[C@]3(C)C(=CC[C@@H]4[C@@]5(C)C[C@@H](O)[C@@H](O)[C@](C)(CO)[C@@H]5CC[C@]43C)[C@@H]2[C@H]1C. The van der Waals surface area contributed by atoms with Crippen molar-refractivity contribution in [3.63, 3.8) is 0 Å². The summed E-state index contributed by atoms with van der Waals surface area (Å²) in [5.74, 6) is -0.965. The fourth-order valence-corrected chi connectivity index (χ4v) is 13.6. The smallest absolute Gasteiger partial charge is 0.315 e. The molecule has 0 unspecified atom stereocenters. The summed E-state index contributed by atoms with van der Waals surface area (Å²) in [7, 11) is 0. The van der Waals surface area contributed by atoms with Crippen molar-refractivity contribution in [1.29, 1.82) is 0 Å². The van der Waals surface area contributed by atoms with Crippen molar-refractivity contribution in [2.45, 2.75) is 160 Å². The predicted molar refractivity (Wildman–Crippen MR) is 200 cm³/mol. The first-order valence-corrected chi connectivity index (χ1v) is 20.9. The number of carbonyl (C=O) groups excluding carboxylic acids is 1. The Bertz CT molecular complexity index is 1570. The van der Waals surface area contributed by atoms with Gasteiger partial charge in [0.25, 0.3) is 0 Å². The van der Waals surface area contributed by atoms with E-state index in [1.807, 2.05) is 6.92 Å². The number of aliphatic hydroxyl groups is 10. The van der Waals surface area contributed by atoms with Crippen LogP contribution in [-0.4, -0.2) is 150 Å². The van der Waals surface area contributed by atoms with Gasteiger partial charge in [0.15, 0.2) is 12.4 Å². The molecule has 0 amide bonds. The maximum Gasteiger partial charge on any atom is 0.315 e. The first kappa shape index (κ1) is 43.5. The highest BCUT2D eigenvalue weighted by Crippen LogP contribution is 2.76.